The standard InChI is InChI=1S/C14H22N4O3/c1-11(19)18-6-4-5-17(7-8-18)10-12-9-13(20)16(3)14(21)15(12)2/h9H,4-8,10H2,1-3H3. The van der Waals surface area contributed by atoms with Crippen molar-refractivity contribution in [3.05, 3.63) is 32.6 Å². The first-order valence-electron chi connectivity index (χ1n) is 7.14. The summed E-state index contributed by atoms with van der Waals surface area (Å²) >= 11 is 0. The van der Waals surface area contributed by atoms with Crippen molar-refractivity contribution in [1.82, 2.24) is 18.9 Å². The smallest absolute Gasteiger partial charge is 0.330 e. The average molecular weight is 294 g/mol. The lowest BCUT2D eigenvalue weighted by Crippen LogP contribution is -2.40. The number of carbonyl (C=O) groups is 1. The van der Waals surface area contributed by atoms with E-state index in [0.29, 0.717) is 18.8 Å². The van der Waals surface area contributed by atoms with Gasteiger partial charge in [-0.05, 0) is 6.42 Å². The highest BCUT2D eigenvalue weighted by atomic mass is 16.2. The molecule has 0 aliphatic carbocycles. The van der Waals surface area contributed by atoms with Crippen LogP contribution in [0, 0.1) is 0 Å². The molecule has 1 fully saturated rings. The van der Waals surface area contributed by atoms with E-state index in [0.717, 1.165) is 30.6 Å². The summed E-state index contributed by atoms with van der Waals surface area (Å²) in [5.41, 5.74) is 0.116. The van der Waals surface area contributed by atoms with Gasteiger partial charge < -0.3 is 4.90 Å². The quantitative estimate of drug-likeness (QED) is 0.712. The molecule has 1 aliphatic rings. The lowest BCUT2D eigenvalue weighted by molar-refractivity contribution is -0.128. The molecule has 0 atom stereocenters. The third-order valence-electron chi connectivity index (χ3n) is 4.04. The maximum atomic E-state index is 11.9. The average Bonchev–Trinajstić information content (AvgIpc) is 2.68. The van der Waals surface area contributed by atoms with E-state index in [4.69, 9.17) is 0 Å². The first kappa shape index (κ1) is 15.5. The number of aromatic nitrogens is 2. The highest BCUT2D eigenvalue weighted by molar-refractivity contribution is 5.73. The van der Waals surface area contributed by atoms with Crippen molar-refractivity contribution in [3.63, 3.8) is 0 Å². The molecule has 21 heavy (non-hydrogen) atoms. The molecule has 0 spiro atoms. The van der Waals surface area contributed by atoms with Crippen molar-refractivity contribution < 1.29 is 4.79 Å². The lowest BCUT2D eigenvalue weighted by Gasteiger charge is -2.22. The van der Waals surface area contributed by atoms with Crippen LogP contribution in [0.1, 0.15) is 19.0 Å². The van der Waals surface area contributed by atoms with E-state index in [1.54, 1.807) is 14.0 Å². The normalized spacial score (nSPS) is 16.8. The Morgan fingerprint density at radius 1 is 1.10 bits per heavy atom. The van der Waals surface area contributed by atoms with Crippen molar-refractivity contribution in [3.8, 4) is 0 Å². The van der Waals surface area contributed by atoms with Gasteiger partial charge in [0.25, 0.3) is 5.56 Å². The van der Waals surface area contributed by atoms with E-state index in [1.165, 1.54) is 17.7 Å². The van der Waals surface area contributed by atoms with E-state index in [2.05, 4.69) is 4.90 Å². The Balaban J connectivity index is 2.14. The molecular weight excluding hydrogens is 272 g/mol. The van der Waals surface area contributed by atoms with Gasteiger partial charge in [0.1, 0.15) is 0 Å². The monoisotopic (exact) mass is 294 g/mol. The summed E-state index contributed by atoms with van der Waals surface area (Å²) in [5, 5.41) is 0. The van der Waals surface area contributed by atoms with Crippen LogP contribution in [-0.2, 0) is 25.4 Å². The second-order valence-electron chi connectivity index (χ2n) is 5.51. The third kappa shape index (κ3) is 3.41. The van der Waals surface area contributed by atoms with Crippen LogP contribution in [0.4, 0.5) is 0 Å². The van der Waals surface area contributed by atoms with E-state index in [9.17, 15) is 14.4 Å². The van der Waals surface area contributed by atoms with E-state index in [-0.39, 0.29) is 17.2 Å². The molecule has 1 saturated heterocycles. The molecule has 0 unspecified atom stereocenters. The molecule has 2 heterocycles. The first-order valence-corrected chi connectivity index (χ1v) is 7.14. The number of nitrogens with zero attached hydrogens (tertiary/aromatic N) is 4. The topological polar surface area (TPSA) is 67.6 Å². The van der Waals surface area contributed by atoms with Crippen LogP contribution in [0.5, 0.6) is 0 Å². The largest absolute Gasteiger partial charge is 0.342 e. The predicted octanol–water partition coefficient (Wildman–Crippen LogP) is -0.862. The molecular formula is C14H22N4O3. The summed E-state index contributed by atoms with van der Waals surface area (Å²) in [5.74, 6) is 0.0952. The van der Waals surface area contributed by atoms with Crippen LogP contribution in [-0.4, -0.2) is 51.0 Å². The number of amides is 1. The zero-order valence-electron chi connectivity index (χ0n) is 12.8. The maximum absolute atomic E-state index is 11.9. The predicted molar refractivity (Wildman–Crippen MR) is 79.1 cm³/mol. The molecule has 0 N–H and O–H groups in total. The lowest BCUT2D eigenvalue weighted by atomic mass is 10.3. The van der Waals surface area contributed by atoms with E-state index < -0.39 is 0 Å². The first-order chi connectivity index (χ1) is 9.90. The second kappa shape index (κ2) is 6.26. The summed E-state index contributed by atoms with van der Waals surface area (Å²) < 4.78 is 2.61. The zero-order valence-corrected chi connectivity index (χ0v) is 12.8. The van der Waals surface area contributed by atoms with Crippen molar-refractivity contribution in [2.24, 2.45) is 14.1 Å². The molecule has 0 bridgehead atoms. The fourth-order valence-corrected chi connectivity index (χ4v) is 2.60. The fourth-order valence-electron chi connectivity index (χ4n) is 2.60. The minimum Gasteiger partial charge on any atom is -0.342 e. The van der Waals surface area contributed by atoms with Crippen LogP contribution in [0.2, 0.25) is 0 Å². The Hall–Kier alpha value is -1.89. The summed E-state index contributed by atoms with van der Waals surface area (Å²) in [4.78, 5) is 39.1. The van der Waals surface area contributed by atoms with Gasteiger partial charge in [0.15, 0.2) is 0 Å². The van der Waals surface area contributed by atoms with Gasteiger partial charge in [-0.3, -0.25) is 23.6 Å². The molecule has 1 aromatic rings. The highest BCUT2D eigenvalue weighted by Gasteiger charge is 2.17. The Bertz CT molecular complexity index is 647. The molecule has 0 radical (unpaired) electrons. The highest BCUT2D eigenvalue weighted by Crippen LogP contribution is 2.07. The van der Waals surface area contributed by atoms with Gasteiger partial charge >= 0.3 is 5.69 Å². The van der Waals surface area contributed by atoms with E-state index in [1.807, 2.05) is 4.90 Å². The number of rotatable bonds is 2. The Kier molecular flexibility index (Phi) is 4.62. The molecule has 116 valence electrons. The third-order valence-corrected chi connectivity index (χ3v) is 4.04. The Morgan fingerprint density at radius 2 is 1.81 bits per heavy atom. The number of carbonyl (C=O) groups excluding carboxylic acids is 1. The van der Waals surface area contributed by atoms with Gasteiger partial charge in [0.05, 0.1) is 0 Å². The molecule has 7 nitrogen and oxygen atoms in total. The Morgan fingerprint density at radius 3 is 2.48 bits per heavy atom. The zero-order chi connectivity index (χ0) is 15.6. The fraction of sp³-hybridized carbons (Fsp3) is 0.643. The second-order valence-corrected chi connectivity index (χ2v) is 5.51. The van der Waals surface area contributed by atoms with Crippen molar-refractivity contribution in [1.29, 1.82) is 0 Å². The minimum absolute atomic E-state index is 0.0952. The van der Waals surface area contributed by atoms with Gasteiger partial charge in [-0.15, -0.1) is 0 Å². The number of hydrogen-bond acceptors (Lipinski definition) is 4. The summed E-state index contributed by atoms with van der Waals surface area (Å²) in [6.07, 6.45) is 0.901. The molecule has 0 aromatic carbocycles. The molecule has 1 aliphatic heterocycles. The number of hydrogen-bond donors (Lipinski definition) is 0. The van der Waals surface area contributed by atoms with Crippen molar-refractivity contribution in [2.75, 3.05) is 26.2 Å². The van der Waals surface area contributed by atoms with Crippen LogP contribution in [0.25, 0.3) is 0 Å². The van der Waals surface area contributed by atoms with Crippen molar-refractivity contribution in [2.45, 2.75) is 19.9 Å². The molecule has 1 amide bonds. The summed E-state index contributed by atoms with van der Waals surface area (Å²) in [6.45, 7) is 5.19. The summed E-state index contributed by atoms with van der Waals surface area (Å²) in [7, 11) is 3.15. The molecule has 0 saturated carbocycles. The summed E-state index contributed by atoms with van der Waals surface area (Å²) in [6, 6.07) is 1.51. The van der Waals surface area contributed by atoms with Crippen LogP contribution in [0.3, 0.4) is 0 Å². The van der Waals surface area contributed by atoms with Gasteiger partial charge in [-0.2, -0.15) is 0 Å². The van der Waals surface area contributed by atoms with Crippen LogP contribution >= 0.6 is 0 Å². The van der Waals surface area contributed by atoms with E-state index >= 15 is 0 Å². The van der Waals surface area contributed by atoms with Crippen LogP contribution < -0.4 is 11.2 Å². The molecule has 2 rings (SSSR count). The Labute approximate surface area is 123 Å². The van der Waals surface area contributed by atoms with Crippen LogP contribution in [0.15, 0.2) is 15.7 Å². The van der Waals surface area contributed by atoms with Gasteiger partial charge in [-0.1, -0.05) is 0 Å². The minimum atomic E-state index is -0.308. The van der Waals surface area contributed by atoms with Crippen molar-refractivity contribution >= 4 is 5.91 Å². The van der Waals surface area contributed by atoms with Gasteiger partial charge in [0, 0.05) is 65.5 Å². The van der Waals surface area contributed by atoms with Gasteiger partial charge in [-0.25, -0.2) is 4.79 Å². The van der Waals surface area contributed by atoms with Gasteiger partial charge in [0.2, 0.25) is 5.91 Å². The molecule has 1 aromatic heterocycles. The maximum Gasteiger partial charge on any atom is 0.330 e. The SMILES string of the molecule is CC(=O)N1CCCN(Cc2cc(=O)n(C)c(=O)n2C)CC1. The molecule has 7 heteroatoms.